The molecule has 1 aromatic carbocycles. The molecule has 0 bridgehead atoms. The number of nitrogen functional groups attached to an aromatic ring is 1. The Bertz CT molecular complexity index is 913. The van der Waals surface area contributed by atoms with Crippen LogP contribution in [0.2, 0.25) is 0 Å². The Labute approximate surface area is 170 Å². The largest absolute Gasteiger partial charge is 0.491 e. The summed E-state index contributed by atoms with van der Waals surface area (Å²) < 4.78 is 5.84. The number of hydrogen-bond acceptors (Lipinski definition) is 6. The first kappa shape index (κ1) is 18.2. The highest BCUT2D eigenvalue weighted by Gasteiger charge is 2.49. The summed E-state index contributed by atoms with van der Waals surface area (Å²) in [7, 11) is 0. The Morgan fingerprint density at radius 2 is 2.10 bits per heavy atom. The molecule has 1 aromatic heterocycles. The third-order valence-corrected chi connectivity index (χ3v) is 6.64. The molecule has 0 unspecified atom stereocenters. The molecule has 0 radical (unpaired) electrons. The van der Waals surface area contributed by atoms with Gasteiger partial charge in [-0.3, -0.25) is 4.79 Å². The highest BCUT2D eigenvalue weighted by molar-refractivity contribution is 5.80. The van der Waals surface area contributed by atoms with E-state index >= 15 is 0 Å². The molecule has 7 heteroatoms. The zero-order valence-corrected chi connectivity index (χ0v) is 16.8. The Kier molecular flexibility index (Phi) is 4.53. The molecule has 2 N–H and O–H groups in total. The van der Waals surface area contributed by atoms with Gasteiger partial charge in [-0.1, -0.05) is 18.2 Å². The quantitative estimate of drug-likeness (QED) is 0.842. The highest BCUT2D eigenvalue weighted by Crippen LogP contribution is 2.47. The summed E-state index contributed by atoms with van der Waals surface area (Å²) in [4.78, 5) is 26.2. The average Bonchev–Trinajstić information content (AvgIpc) is 2.90. The van der Waals surface area contributed by atoms with E-state index in [2.05, 4.69) is 20.9 Å². The average molecular weight is 393 g/mol. The van der Waals surface area contributed by atoms with Gasteiger partial charge >= 0.3 is 0 Å². The molecule has 1 saturated carbocycles. The van der Waals surface area contributed by atoms with Crippen LogP contribution in [0.5, 0.6) is 5.75 Å². The van der Waals surface area contributed by atoms with Gasteiger partial charge in [-0.15, -0.1) is 0 Å². The molecular formula is C22H27N5O2. The van der Waals surface area contributed by atoms with Crippen LogP contribution in [0.4, 0.5) is 11.8 Å². The number of rotatable bonds is 2. The van der Waals surface area contributed by atoms with Gasteiger partial charge in [0, 0.05) is 42.9 Å². The summed E-state index contributed by atoms with van der Waals surface area (Å²) in [6.45, 7) is 5.58. The molecule has 2 aliphatic heterocycles. The Hall–Kier alpha value is -2.83. The first-order valence-electron chi connectivity index (χ1n) is 10.4. The van der Waals surface area contributed by atoms with Gasteiger partial charge in [0.25, 0.3) is 0 Å². The first-order chi connectivity index (χ1) is 14.1. The van der Waals surface area contributed by atoms with E-state index in [0.29, 0.717) is 37.5 Å². The summed E-state index contributed by atoms with van der Waals surface area (Å²) in [5, 5.41) is 0. The number of carbonyl (C=O) groups excluding carboxylic acids is 1. The van der Waals surface area contributed by atoms with E-state index in [1.165, 1.54) is 0 Å². The maximum absolute atomic E-state index is 13.4. The lowest BCUT2D eigenvalue weighted by Gasteiger charge is -2.51. The Morgan fingerprint density at radius 1 is 1.24 bits per heavy atom. The number of piperidine rings is 1. The van der Waals surface area contributed by atoms with Crippen LogP contribution in [0.15, 0.2) is 30.3 Å². The molecule has 2 fully saturated rings. The number of aryl methyl sites for hydroxylation is 1. The normalized spacial score (nSPS) is 25.9. The molecular weight excluding hydrogens is 366 g/mol. The van der Waals surface area contributed by atoms with E-state index in [-0.39, 0.29) is 11.8 Å². The van der Waals surface area contributed by atoms with Crippen molar-refractivity contribution in [3.63, 3.8) is 0 Å². The molecule has 2 aromatic rings. The number of fused-ring (bicyclic) bond motifs is 2. The topological polar surface area (TPSA) is 84.6 Å². The minimum absolute atomic E-state index is 0.0911. The molecule has 3 atom stereocenters. The van der Waals surface area contributed by atoms with Crippen molar-refractivity contribution in [3.05, 3.63) is 41.6 Å². The van der Waals surface area contributed by atoms with E-state index in [0.717, 1.165) is 48.8 Å². The summed E-state index contributed by atoms with van der Waals surface area (Å²) in [5.41, 5.74) is 7.81. The third kappa shape index (κ3) is 3.39. The molecule has 1 amide bonds. The number of nitrogens with two attached hydrogens (primary N) is 1. The van der Waals surface area contributed by atoms with Gasteiger partial charge in [0.2, 0.25) is 11.9 Å². The number of anilines is 2. The number of para-hydroxylation sites is 1. The molecule has 1 aliphatic carbocycles. The molecule has 3 aliphatic rings. The lowest BCUT2D eigenvalue weighted by Crippen LogP contribution is -2.56. The summed E-state index contributed by atoms with van der Waals surface area (Å²) in [6, 6.07) is 10.00. The van der Waals surface area contributed by atoms with Crippen LogP contribution < -0.4 is 15.4 Å². The molecule has 0 spiro atoms. The number of amides is 1. The van der Waals surface area contributed by atoms with Crippen LogP contribution in [0.3, 0.4) is 0 Å². The molecule has 3 heterocycles. The smallest absolute Gasteiger partial charge is 0.226 e. The van der Waals surface area contributed by atoms with Crippen molar-refractivity contribution >= 4 is 17.7 Å². The minimum atomic E-state index is 0.0911. The minimum Gasteiger partial charge on any atom is -0.491 e. The zero-order valence-electron chi connectivity index (χ0n) is 16.8. The predicted molar refractivity (Wildman–Crippen MR) is 110 cm³/mol. The van der Waals surface area contributed by atoms with E-state index in [1.807, 2.05) is 36.1 Å². The third-order valence-electron chi connectivity index (χ3n) is 6.64. The van der Waals surface area contributed by atoms with Crippen LogP contribution >= 0.6 is 0 Å². The Balaban J connectivity index is 1.30. The number of aromatic nitrogens is 2. The van der Waals surface area contributed by atoms with E-state index in [1.54, 1.807) is 0 Å². The number of hydrogen-bond donors (Lipinski definition) is 1. The molecule has 7 nitrogen and oxygen atoms in total. The van der Waals surface area contributed by atoms with E-state index in [9.17, 15) is 4.79 Å². The maximum Gasteiger partial charge on any atom is 0.226 e. The standard InChI is InChI=1S/C22H27N5O2/c1-14-10-20(25-22(23)24-14)26-7-6-15-11-17(18(15)13-26)21(28)27-8-9-29-19-5-3-2-4-16(19)12-27/h2-5,10,15,17-18H,6-9,11-13H2,1H3,(H2,23,24,25)/t15-,17-,18-/m1/s1. The second-order valence-corrected chi connectivity index (χ2v) is 8.44. The second kappa shape index (κ2) is 7.21. The van der Waals surface area contributed by atoms with Crippen LogP contribution in [0.1, 0.15) is 24.1 Å². The summed E-state index contributed by atoms with van der Waals surface area (Å²) >= 11 is 0. The van der Waals surface area contributed by atoms with Gasteiger partial charge in [0.15, 0.2) is 0 Å². The van der Waals surface area contributed by atoms with E-state index in [4.69, 9.17) is 10.5 Å². The van der Waals surface area contributed by atoms with Crippen molar-refractivity contribution in [2.24, 2.45) is 17.8 Å². The van der Waals surface area contributed by atoms with Crippen LogP contribution in [0.25, 0.3) is 0 Å². The van der Waals surface area contributed by atoms with Crippen molar-refractivity contribution in [1.82, 2.24) is 14.9 Å². The van der Waals surface area contributed by atoms with Gasteiger partial charge in [0.05, 0.1) is 6.54 Å². The molecule has 152 valence electrons. The van der Waals surface area contributed by atoms with Gasteiger partial charge in [0.1, 0.15) is 18.2 Å². The lowest BCUT2D eigenvalue weighted by molar-refractivity contribution is -0.145. The highest BCUT2D eigenvalue weighted by atomic mass is 16.5. The van der Waals surface area contributed by atoms with Crippen LogP contribution in [-0.2, 0) is 11.3 Å². The molecule has 29 heavy (non-hydrogen) atoms. The fourth-order valence-electron chi connectivity index (χ4n) is 5.06. The maximum atomic E-state index is 13.4. The van der Waals surface area contributed by atoms with Gasteiger partial charge in [-0.2, -0.15) is 4.98 Å². The fraction of sp³-hybridized carbons (Fsp3) is 0.500. The van der Waals surface area contributed by atoms with E-state index < -0.39 is 0 Å². The number of carbonyl (C=O) groups is 1. The first-order valence-corrected chi connectivity index (χ1v) is 10.4. The summed E-state index contributed by atoms with van der Waals surface area (Å²) in [5.74, 6) is 3.47. The number of nitrogens with zero attached hydrogens (tertiary/aromatic N) is 4. The molecule has 1 saturated heterocycles. The van der Waals surface area contributed by atoms with Crippen molar-refractivity contribution in [2.75, 3.05) is 36.9 Å². The van der Waals surface area contributed by atoms with Crippen LogP contribution in [-0.4, -0.2) is 47.0 Å². The van der Waals surface area contributed by atoms with Crippen molar-refractivity contribution in [3.8, 4) is 5.75 Å². The van der Waals surface area contributed by atoms with Crippen molar-refractivity contribution < 1.29 is 9.53 Å². The predicted octanol–water partition coefficient (Wildman–Crippen LogP) is 2.25. The fourth-order valence-corrected chi connectivity index (χ4v) is 5.06. The lowest BCUT2D eigenvalue weighted by atomic mass is 9.61. The van der Waals surface area contributed by atoms with Crippen molar-refractivity contribution in [2.45, 2.75) is 26.3 Å². The second-order valence-electron chi connectivity index (χ2n) is 8.44. The van der Waals surface area contributed by atoms with Gasteiger partial charge in [-0.25, -0.2) is 4.98 Å². The van der Waals surface area contributed by atoms with Crippen LogP contribution in [0, 0.1) is 24.7 Å². The SMILES string of the molecule is Cc1cc(N2CC[C@@H]3C[C@@H](C(=O)N4CCOc5ccccc5C4)[C@@H]3C2)nc(N)n1. The monoisotopic (exact) mass is 393 g/mol. The van der Waals surface area contributed by atoms with Gasteiger partial charge in [-0.05, 0) is 37.7 Å². The zero-order chi connectivity index (χ0) is 20.0. The van der Waals surface area contributed by atoms with Crippen molar-refractivity contribution in [1.29, 1.82) is 0 Å². The Morgan fingerprint density at radius 3 is 2.97 bits per heavy atom. The summed E-state index contributed by atoms with van der Waals surface area (Å²) in [6.07, 6.45) is 2.10. The molecule has 5 rings (SSSR count). The number of benzene rings is 1. The van der Waals surface area contributed by atoms with Gasteiger partial charge < -0.3 is 20.3 Å². The number of ether oxygens (including phenoxy) is 1.